The number of carbonyl (C=O) groups is 2. The van der Waals surface area contributed by atoms with Crippen molar-refractivity contribution in [3.8, 4) is 0 Å². The van der Waals surface area contributed by atoms with Gasteiger partial charge in [-0.3, -0.25) is 25.0 Å². The highest BCUT2D eigenvalue weighted by molar-refractivity contribution is 6.36. The number of amidine groups is 1. The lowest BCUT2D eigenvalue weighted by Gasteiger charge is -2.21. The van der Waals surface area contributed by atoms with E-state index in [-0.39, 0.29) is 28.4 Å². The molecule has 1 amide bonds. The number of carbonyl (C=O) groups excluding carboxylic acids is 2. The van der Waals surface area contributed by atoms with Gasteiger partial charge in [-0.1, -0.05) is 24.3 Å². The lowest BCUT2D eigenvalue weighted by atomic mass is 9.99. The summed E-state index contributed by atoms with van der Waals surface area (Å²) in [4.78, 5) is 54.4. The zero-order valence-corrected chi connectivity index (χ0v) is 19.1. The molecule has 1 heterocycles. The number of nitro benzene ring substituents is 2. The number of ether oxygens (including phenoxy) is 1. The first-order chi connectivity index (χ1) is 16.3. The maximum atomic E-state index is 12.8. The summed E-state index contributed by atoms with van der Waals surface area (Å²) in [5.41, 5.74) is -2.02. The van der Waals surface area contributed by atoms with Crippen molar-refractivity contribution in [1.29, 1.82) is 0 Å². The van der Waals surface area contributed by atoms with Gasteiger partial charge in [-0.25, -0.2) is 9.79 Å². The van der Waals surface area contributed by atoms with Crippen LogP contribution in [0.1, 0.15) is 49.2 Å². The van der Waals surface area contributed by atoms with Crippen LogP contribution in [-0.4, -0.2) is 44.0 Å². The molecule has 2 aromatic carbocycles. The van der Waals surface area contributed by atoms with E-state index in [1.807, 2.05) is 0 Å². The number of aliphatic imine (C=N–C) groups is 2. The van der Waals surface area contributed by atoms with Gasteiger partial charge in [-0.05, 0) is 27.7 Å². The van der Waals surface area contributed by atoms with Crippen molar-refractivity contribution in [1.82, 2.24) is 0 Å². The Bertz CT molecular complexity index is 1330. The number of esters is 1. The SMILES string of the molecule is CC(O)=C(C(=O)OC(C)(C)C)C1=NC(=NC(=O)c2cc([N+](=O)[O-])cc([N+](=O)[O-])c2)c2ccccc21. The molecule has 0 saturated carbocycles. The maximum Gasteiger partial charge on any atom is 0.344 e. The van der Waals surface area contributed by atoms with Crippen molar-refractivity contribution in [3.05, 3.63) is 90.7 Å². The molecular formula is C23H20N4O8. The largest absolute Gasteiger partial charge is 0.512 e. The van der Waals surface area contributed by atoms with Crippen molar-refractivity contribution in [2.45, 2.75) is 33.3 Å². The fraction of sp³-hybridized carbons (Fsp3) is 0.217. The first-order valence-electron chi connectivity index (χ1n) is 10.2. The Labute approximate surface area is 198 Å². The van der Waals surface area contributed by atoms with Gasteiger partial charge in [0.1, 0.15) is 16.9 Å². The summed E-state index contributed by atoms with van der Waals surface area (Å²) in [5, 5.41) is 32.5. The Morgan fingerprint density at radius 3 is 2.03 bits per heavy atom. The van der Waals surface area contributed by atoms with Crippen molar-refractivity contribution in [2.24, 2.45) is 9.98 Å². The Hall–Kier alpha value is -4.74. The molecule has 0 aliphatic carbocycles. The molecule has 0 radical (unpaired) electrons. The molecule has 0 saturated heterocycles. The number of nitrogens with zero attached hydrogens (tertiary/aromatic N) is 4. The van der Waals surface area contributed by atoms with Crippen LogP contribution in [0, 0.1) is 20.2 Å². The second-order valence-corrected chi connectivity index (χ2v) is 8.46. The van der Waals surface area contributed by atoms with Crippen molar-refractivity contribution >= 4 is 34.8 Å². The highest BCUT2D eigenvalue weighted by Gasteiger charge is 2.32. The summed E-state index contributed by atoms with van der Waals surface area (Å²) in [7, 11) is 0. The lowest BCUT2D eigenvalue weighted by Crippen LogP contribution is -2.28. The fourth-order valence-electron chi connectivity index (χ4n) is 3.22. The Morgan fingerprint density at radius 1 is 1.00 bits per heavy atom. The van der Waals surface area contributed by atoms with E-state index in [4.69, 9.17) is 4.74 Å². The molecular weight excluding hydrogens is 460 g/mol. The van der Waals surface area contributed by atoms with Gasteiger partial charge in [0.05, 0.1) is 27.2 Å². The quantitative estimate of drug-likeness (QED) is 0.219. The summed E-state index contributed by atoms with van der Waals surface area (Å²) < 4.78 is 5.37. The van der Waals surface area contributed by atoms with Crippen LogP contribution in [0.5, 0.6) is 0 Å². The predicted molar refractivity (Wildman–Crippen MR) is 125 cm³/mol. The molecule has 1 aliphatic heterocycles. The van der Waals surface area contributed by atoms with Gasteiger partial charge in [-0.2, -0.15) is 4.99 Å². The van der Waals surface area contributed by atoms with E-state index in [0.29, 0.717) is 11.1 Å². The van der Waals surface area contributed by atoms with Gasteiger partial charge in [0.25, 0.3) is 17.3 Å². The number of amides is 1. The zero-order valence-electron chi connectivity index (χ0n) is 19.1. The molecule has 0 fully saturated rings. The molecule has 0 bridgehead atoms. The fourth-order valence-corrected chi connectivity index (χ4v) is 3.22. The molecule has 35 heavy (non-hydrogen) atoms. The summed E-state index contributed by atoms with van der Waals surface area (Å²) in [5.74, 6) is -2.37. The van der Waals surface area contributed by atoms with Crippen LogP contribution in [-0.2, 0) is 9.53 Å². The van der Waals surface area contributed by atoms with Gasteiger partial charge in [0, 0.05) is 23.3 Å². The number of benzene rings is 2. The standard InChI is InChI=1S/C23H20N4O8/c1-12(28)18(22(30)35-23(2,3)4)19-16-7-5-6-8-17(16)20(24-19)25-21(29)13-9-14(26(31)32)11-15(10-13)27(33)34/h5-11,28H,1-4H3. The van der Waals surface area contributed by atoms with Gasteiger partial charge >= 0.3 is 5.97 Å². The number of nitro groups is 2. The minimum Gasteiger partial charge on any atom is -0.512 e. The second-order valence-electron chi connectivity index (χ2n) is 8.46. The summed E-state index contributed by atoms with van der Waals surface area (Å²) >= 11 is 0. The molecule has 1 aliphatic rings. The van der Waals surface area contributed by atoms with Gasteiger partial charge in [-0.15, -0.1) is 0 Å². The van der Waals surface area contributed by atoms with Crippen molar-refractivity contribution in [2.75, 3.05) is 0 Å². The van der Waals surface area contributed by atoms with E-state index in [2.05, 4.69) is 9.98 Å². The first kappa shape index (κ1) is 24.9. The van der Waals surface area contributed by atoms with Crippen LogP contribution in [0.3, 0.4) is 0 Å². The lowest BCUT2D eigenvalue weighted by molar-refractivity contribution is -0.394. The molecule has 0 unspecified atom stereocenters. The number of hydrogen-bond donors (Lipinski definition) is 1. The zero-order chi connectivity index (χ0) is 26.1. The van der Waals surface area contributed by atoms with Crippen LogP contribution < -0.4 is 0 Å². The molecule has 0 aromatic heterocycles. The van der Waals surface area contributed by atoms with E-state index in [9.17, 15) is 34.9 Å². The normalized spacial score (nSPS) is 14.6. The third-order valence-corrected chi connectivity index (χ3v) is 4.62. The molecule has 3 rings (SSSR count). The van der Waals surface area contributed by atoms with Crippen molar-refractivity contribution < 1.29 is 29.3 Å². The minimum atomic E-state index is -1.02. The summed E-state index contributed by atoms with van der Waals surface area (Å²) in [6.45, 7) is 6.25. The van der Waals surface area contributed by atoms with E-state index < -0.39 is 38.7 Å². The van der Waals surface area contributed by atoms with Gasteiger partial charge in [0.2, 0.25) is 0 Å². The molecule has 1 N–H and O–H groups in total. The number of aliphatic hydroxyl groups is 1. The van der Waals surface area contributed by atoms with Crippen LogP contribution in [0.15, 0.2) is 63.8 Å². The van der Waals surface area contributed by atoms with Crippen LogP contribution in [0.2, 0.25) is 0 Å². The van der Waals surface area contributed by atoms with Gasteiger partial charge in [0.15, 0.2) is 5.84 Å². The molecule has 180 valence electrons. The second kappa shape index (κ2) is 9.25. The third-order valence-electron chi connectivity index (χ3n) is 4.62. The van der Waals surface area contributed by atoms with Gasteiger partial charge < -0.3 is 9.84 Å². The smallest absolute Gasteiger partial charge is 0.344 e. The maximum absolute atomic E-state index is 12.8. The molecule has 0 spiro atoms. The van der Waals surface area contributed by atoms with E-state index in [1.54, 1.807) is 45.0 Å². The van der Waals surface area contributed by atoms with E-state index >= 15 is 0 Å². The average Bonchev–Trinajstić information content (AvgIpc) is 3.09. The number of fused-ring (bicyclic) bond motifs is 1. The van der Waals surface area contributed by atoms with E-state index in [0.717, 1.165) is 18.2 Å². The third kappa shape index (κ3) is 5.43. The molecule has 0 atom stereocenters. The topological polar surface area (TPSA) is 175 Å². The molecule has 12 heteroatoms. The van der Waals surface area contributed by atoms with Crippen molar-refractivity contribution in [3.63, 3.8) is 0 Å². The number of non-ortho nitro benzene ring substituents is 2. The highest BCUT2D eigenvalue weighted by Crippen LogP contribution is 2.28. The van der Waals surface area contributed by atoms with Crippen LogP contribution >= 0.6 is 0 Å². The van der Waals surface area contributed by atoms with Crippen LogP contribution in [0.25, 0.3) is 0 Å². The number of hydrogen-bond acceptors (Lipinski definition) is 8. The number of rotatable bonds is 5. The first-order valence-corrected chi connectivity index (χ1v) is 10.2. The monoisotopic (exact) mass is 480 g/mol. The predicted octanol–water partition coefficient (Wildman–Crippen LogP) is 4.07. The number of allylic oxidation sites excluding steroid dienone is 1. The Morgan fingerprint density at radius 2 is 1.54 bits per heavy atom. The van der Waals surface area contributed by atoms with Crippen LogP contribution in [0.4, 0.5) is 11.4 Å². The molecule has 12 nitrogen and oxygen atoms in total. The highest BCUT2D eigenvalue weighted by atomic mass is 16.6. The minimum absolute atomic E-state index is 0.0198. The molecule has 2 aromatic rings. The summed E-state index contributed by atoms with van der Waals surface area (Å²) in [6.07, 6.45) is 0. The summed E-state index contributed by atoms with van der Waals surface area (Å²) in [6, 6.07) is 8.94. The Balaban J connectivity index is 2.13. The number of aliphatic hydroxyl groups excluding tert-OH is 1. The average molecular weight is 480 g/mol. The van der Waals surface area contributed by atoms with E-state index in [1.165, 1.54) is 6.92 Å². The Kier molecular flexibility index (Phi) is 6.58.